The second-order valence-electron chi connectivity index (χ2n) is 6.09. The van der Waals surface area contributed by atoms with Crippen LogP contribution in [0.2, 0.25) is 0 Å². The van der Waals surface area contributed by atoms with Gasteiger partial charge in [-0.15, -0.1) is 24.0 Å². The molecule has 0 fully saturated rings. The van der Waals surface area contributed by atoms with Crippen molar-refractivity contribution < 1.29 is 4.39 Å². The fraction of sp³-hybridized carbons (Fsp3) is 0.474. The van der Waals surface area contributed by atoms with E-state index >= 15 is 0 Å². The Labute approximate surface area is 172 Å². The minimum absolute atomic E-state index is 0. The van der Waals surface area contributed by atoms with Crippen molar-refractivity contribution in [2.24, 2.45) is 4.99 Å². The van der Waals surface area contributed by atoms with E-state index in [-0.39, 0.29) is 29.8 Å². The predicted molar refractivity (Wildman–Crippen MR) is 115 cm³/mol. The molecular weight excluding hydrogens is 444 g/mol. The first-order valence-electron chi connectivity index (χ1n) is 8.81. The number of hydrogen-bond donors (Lipinski definition) is 1. The Morgan fingerprint density at radius 3 is 2.62 bits per heavy atom. The summed E-state index contributed by atoms with van der Waals surface area (Å²) in [5, 5.41) is 3.31. The van der Waals surface area contributed by atoms with Gasteiger partial charge in [-0.05, 0) is 44.4 Å². The minimum Gasteiger partial charge on any atom is -0.357 e. The largest absolute Gasteiger partial charge is 0.357 e. The molecule has 0 spiro atoms. The van der Waals surface area contributed by atoms with Crippen molar-refractivity contribution in [3.63, 3.8) is 0 Å². The smallest absolute Gasteiger partial charge is 0.193 e. The van der Waals surface area contributed by atoms with Crippen LogP contribution in [0.3, 0.4) is 0 Å². The third-order valence-electron chi connectivity index (χ3n) is 4.02. The number of unbranched alkanes of at least 4 members (excludes halogenated alkanes) is 1. The lowest BCUT2D eigenvalue weighted by Gasteiger charge is -2.22. The number of aromatic nitrogens is 2. The van der Waals surface area contributed by atoms with Gasteiger partial charge in [-0.1, -0.05) is 12.1 Å². The van der Waals surface area contributed by atoms with Crippen molar-refractivity contribution in [2.45, 2.75) is 39.8 Å². The number of benzene rings is 1. The molecule has 0 aliphatic rings. The molecule has 0 amide bonds. The quantitative estimate of drug-likeness (QED) is 0.275. The summed E-state index contributed by atoms with van der Waals surface area (Å²) >= 11 is 0. The Morgan fingerprint density at radius 1 is 1.27 bits per heavy atom. The fourth-order valence-electron chi connectivity index (χ4n) is 2.63. The molecule has 1 heterocycles. The standard InChI is InChI=1S/C19H28FN5.HI/c1-4-21-19(24(3)15-17-7-9-18(20)10-8-17)23-11-5-6-13-25-14-12-22-16(25)2;/h7-10,12,14H,4-6,11,13,15H2,1-3H3,(H,21,23);1H. The van der Waals surface area contributed by atoms with Gasteiger partial charge >= 0.3 is 0 Å². The highest BCUT2D eigenvalue weighted by atomic mass is 127. The summed E-state index contributed by atoms with van der Waals surface area (Å²) in [6.45, 7) is 7.35. The van der Waals surface area contributed by atoms with Gasteiger partial charge in [0.2, 0.25) is 0 Å². The van der Waals surface area contributed by atoms with Crippen LogP contribution in [0.15, 0.2) is 41.7 Å². The highest BCUT2D eigenvalue weighted by Crippen LogP contribution is 2.06. The fourth-order valence-corrected chi connectivity index (χ4v) is 2.63. The summed E-state index contributed by atoms with van der Waals surface area (Å²) in [5.74, 6) is 1.72. The highest BCUT2D eigenvalue weighted by Gasteiger charge is 2.06. The first-order chi connectivity index (χ1) is 12.1. The zero-order valence-corrected chi connectivity index (χ0v) is 18.1. The lowest BCUT2D eigenvalue weighted by atomic mass is 10.2. The molecular formula is C19H29FIN5. The van der Waals surface area contributed by atoms with Crippen molar-refractivity contribution in [3.8, 4) is 0 Å². The average molecular weight is 473 g/mol. The lowest BCUT2D eigenvalue weighted by Crippen LogP contribution is -2.38. The number of hydrogen-bond acceptors (Lipinski definition) is 2. The Bertz CT molecular complexity index is 669. The topological polar surface area (TPSA) is 45.5 Å². The minimum atomic E-state index is -0.208. The van der Waals surface area contributed by atoms with Crippen LogP contribution in [0.5, 0.6) is 0 Å². The molecule has 1 aromatic heterocycles. The normalized spacial score (nSPS) is 11.2. The number of nitrogens with zero attached hydrogens (tertiary/aromatic N) is 4. The monoisotopic (exact) mass is 473 g/mol. The van der Waals surface area contributed by atoms with Crippen LogP contribution in [0, 0.1) is 12.7 Å². The molecule has 0 atom stereocenters. The van der Waals surface area contributed by atoms with E-state index in [0.29, 0.717) is 6.54 Å². The Balaban J connectivity index is 0.00000338. The van der Waals surface area contributed by atoms with Crippen LogP contribution in [0.1, 0.15) is 31.2 Å². The maximum absolute atomic E-state index is 13.0. The molecule has 0 radical (unpaired) electrons. The van der Waals surface area contributed by atoms with E-state index in [9.17, 15) is 4.39 Å². The highest BCUT2D eigenvalue weighted by molar-refractivity contribution is 14.0. The van der Waals surface area contributed by atoms with E-state index in [4.69, 9.17) is 4.99 Å². The van der Waals surface area contributed by atoms with E-state index in [1.807, 2.05) is 38.5 Å². The number of rotatable bonds is 8. The molecule has 5 nitrogen and oxygen atoms in total. The van der Waals surface area contributed by atoms with E-state index in [0.717, 1.165) is 49.8 Å². The summed E-state index contributed by atoms with van der Waals surface area (Å²) in [5.41, 5.74) is 1.06. The lowest BCUT2D eigenvalue weighted by molar-refractivity contribution is 0.475. The molecule has 0 saturated heterocycles. The van der Waals surface area contributed by atoms with Crippen molar-refractivity contribution in [1.82, 2.24) is 19.8 Å². The Morgan fingerprint density at radius 2 is 2.00 bits per heavy atom. The summed E-state index contributed by atoms with van der Waals surface area (Å²) in [6, 6.07) is 6.60. The van der Waals surface area contributed by atoms with E-state index < -0.39 is 0 Å². The molecule has 0 saturated carbocycles. The number of aliphatic imine (C=N–C) groups is 1. The maximum Gasteiger partial charge on any atom is 0.193 e. The average Bonchev–Trinajstić information content (AvgIpc) is 3.00. The molecule has 0 aliphatic carbocycles. The maximum atomic E-state index is 13.0. The third-order valence-corrected chi connectivity index (χ3v) is 4.02. The molecule has 1 N–H and O–H groups in total. The van der Waals surface area contributed by atoms with Crippen LogP contribution < -0.4 is 5.32 Å². The number of guanidine groups is 1. The third kappa shape index (κ3) is 7.31. The van der Waals surface area contributed by atoms with Gasteiger partial charge in [-0.3, -0.25) is 4.99 Å². The SMILES string of the molecule is CCNC(=NCCCCn1ccnc1C)N(C)Cc1ccc(F)cc1.I. The first-order valence-corrected chi connectivity index (χ1v) is 8.81. The van der Waals surface area contributed by atoms with Gasteiger partial charge in [0.1, 0.15) is 11.6 Å². The number of halogens is 2. The molecule has 2 aromatic rings. The van der Waals surface area contributed by atoms with Crippen LogP contribution in [-0.4, -0.2) is 40.5 Å². The number of aryl methyl sites for hydroxylation is 2. The Hall–Kier alpha value is -1.64. The molecule has 0 unspecified atom stereocenters. The van der Waals surface area contributed by atoms with E-state index in [1.165, 1.54) is 12.1 Å². The van der Waals surface area contributed by atoms with Crippen molar-refractivity contribution in [1.29, 1.82) is 0 Å². The zero-order valence-electron chi connectivity index (χ0n) is 15.8. The van der Waals surface area contributed by atoms with Gasteiger partial charge in [0.05, 0.1) is 0 Å². The first kappa shape index (κ1) is 22.4. The second-order valence-corrected chi connectivity index (χ2v) is 6.09. The van der Waals surface area contributed by atoms with Crippen molar-refractivity contribution >= 4 is 29.9 Å². The van der Waals surface area contributed by atoms with Crippen LogP contribution >= 0.6 is 24.0 Å². The van der Waals surface area contributed by atoms with Gasteiger partial charge in [-0.25, -0.2) is 9.37 Å². The van der Waals surface area contributed by atoms with Gasteiger partial charge < -0.3 is 14.8 Å². The summed E-state index contributed by atoms with van der Waals surface area (Å²) in [6.07, 6.45) is 5.94. The predicted octanol–water partition coefficient (Wildman–Crippen LogP) is 3.83. The summed E-state index contributed by atoms with van der Waals surface area (Å²) in [7, 11) is 2.00. The van der Waals surface area contributed by atoms with Gasteiger partial charge in [-0.2, -0.15) is 0 Å². The van der Waals surface area contributed by atoms with Gasteiger partial charge in [0.15, 0.2) is 5.96 Å². The van der Waals surface area contributed by atoms with E-state index in [1.54, 1.807) is 0 Å². The van der Waals surface area contributed by atoms with Crippen LogP contribution in [-0.2, 0) is 13.1 Å². The summed E-state index contributed by atoms with van der Waals surface area (Å²) < 4.78 is 15.2. The second kappa shape index (κ2) is 11.9. The summed E-state index contributed by atoms with van der Waals surface area (Å²) in [4.78, 5) is 11.0. The van der Waals surface area contributed by atoms with E-state index in [2.05, 4.69) is 26.7 Å². The van der Waals surface area contributed by atoms with Crippen molar-refractivity contribution in [2.75, 3.05) is 20.1 Å². The number of nitrogens with one attached hydrogen (secondary N) is 1. The van der Waals surface area contributed by atoms with Crippen LogP contribution in [0.25, 0.3) is 0 Å². The molecule has 0 bridgehead atoms. The molecule has 1 aromatic carbocycles. The van der Waals surface area contributed by atoms with Gasteiger partial charge in [0.25, 0.3) is 0 Å². The molecule has 144 valence electrons. The molecule has 0 aliphatic heterocycles. The number of imidazole rings is 1. The van der Waals surface area contributed by atoms with Crippen LogP contribution in [0.4, 0.5) is 4.39 Å². The molecule has 2 rings (SSSR count). The molecule has 7 heteroatoms. The molecule has 26 heavy (non-hydrogen) atoms. The van der Waals surface area contributed by atoms with Gasteiger partial charge in [0, 0.05) is 45.6 Å². The zero-order chi connectivity index (χ0) is 18.1. The van der Waals surface area contributed by atoms with Crippen molar-refractivity contribution in [3.05, 3.63) is 53.9 Å². The Kier molecular flexibility index (Phi) is 10.2.